The van der Waals surface area contributed by atoms with Crippen LogP contribution in [0.25, 0.3) is 0 Å². The SMILES string of the molecule is CCNC(=NCC(C)Oc1ccc(OC)cc1)N1CCN(CC(=O)N2CCCC2)CC1. The van der Waals surface area contributed by atoms with E-state index in [-0.39, 0.29) is 12.0 Å². The molecule has 0 radical (unpaired) electrons. The molecule has 3 rings (SSSR count). The summed E-state index contributed by atoms with van der Waals surface area (Å²) in [6, 6.07) is 7.60. The summed E-state index contributed by atoms with van der Waals surface area (Å²) in [4.78, 5) is 23.8. The quantitative estimate of drug-likeness (QED) is 0.499. The molecule has 1 unspecified atom stereocenters. The maximum atomic E-state index is 12.4. The van der Waals surface area contributed by atoms with Crippen LogP contribution in [0.5, 0.6) is 11.5 Å². The number of aliphatic imine (C=N–C) groups is 1. The number of rotatable bonds is 8. The summed E-state index contributed by atoms with van der Waals surface area (Å²) >= 11 is 0. The number of nitrogens with one attached hydrogen (secondary N) is 1. The standard InChI is InChI=1S/C23H37N5O3/c1-4-24-23(25-17-19(2)31-21-9-7-20(30-3)8-10-21)28-15-13-26(14-16-28)18-22(29)27-11-5-6-12-27/h7-10,19H,4-6,11-18H2,1-3H3,(H,24,25). The minimum Gasteiger partial charge on any atom is -0.497 e. The largest absolute Gasteiger partial charge is 0.497 e. The minimum atomic E-state index is -0.0403. The van der Waals surface area contributed by atoms with Gasteiger partial charge in [-0.25, -0.2) is 4.99 Å². The second-order valence-corrected chi connectivity index (χ2v) is 8.15. The summed E-state index contributed by atoms with van der Waals surface area (Å²) in [7, 11) is 1.65. The van der Waals surface area contributed by atoms with E-state index in [1.165, 1.54) is 0 Å². The van der Waals surface area contributed by atoms with E-state index < -0.39 is 0 Å². The fourth-order valence-corrected chi connectivity index (χ4v) is 3.94. The molecule has 0 aromatic heterocycles. The Morgan fingerprint density at radius 1 is 1.03 bits per heavy atom. The van der Waals surface area contributed by atoms with Gasteiger partial charge in [0.2, 0.25) is 5.91 Å². The van der Waals surface area contributed by atoms with Gasteiger partial charge in [0.1, 0.15) is 17.6 Å². The predicted molar refractivity (Wildman–Crippen MR) is 123 cm³/mol. The van der Waals surface area contributed by atoms with Gasteiger partial charge in [0.25, 0.3) is 0 Å². The second kappa shape index (κ2) is 11.8. The van der Waals surface area contributed by atoms with E-state index in [1.54, 1.807) is 7.11 Å². The van der Waals surface area contributed by atoms with E-state index in [4.69, 9.17) is 14.5 Å². The van der Waals surface area contributed by atoms with E-state index in [9.17, 15) is 4.79 Å². The highest BCUT2D eigenvalue weighted by Gasteiger charge is 2.24. The number of likely N-dealkylation sites (tertiary alicyclic amines) is 1. The molecule has 0 saturated carbocycles. The molecular weight excluding hydrogens is 394 g/mol. The number of guanidine groups is 1. The molecule has 2 saturated heterocycles. The van der Waals surface area contributed by atoms with Crippen molar-refractivity contribution in [1.82, 2.24) is 20.0 Å². The van der Waals surface area contributed by atoms with Gasteiger partial charge in [-0.05, 0) is 51.0 Å². The third-order valence-corrected chi connectivity index (χ3v) is 5.72. The number of benzene rings is 1. The fraction of sp³-hybridized carbons (Fsp3) is 0.652. The number of hydrogen-bond acceptors (Lipinski definition) is 5. The highest BCUT2D eigenvalue weighted by atomic mass is 16.5. The molecule has 31 heavy (non-hydrogen) atoms. The number of amides is 1. The lowest BCUT2D eigenvalue weighted by molar-refractivity contribution is -0.131. The van der Waals surface area contributed by atoms with Crippen molar-refractivity contribution < 1.29 is 14.3 Å². The number of carbonyl (C=O) groups is 1. The molecule has 2 fully saturated rings. The molecule has 8 heteroatoms. The number of carbonyl (C=O) groups excluding carboxylic acids is 1. The van der Waals surface area contributed by atoms with Crippen LogP contribution in [0, 0.1) is 0 Å². The summed E-state index contributed by atoms with van der Waals surface area (Å²) in [6.45, 7) is 11.4. The molecule has 1 atom stereocenters. The molecule has 8 nitrogen and oxygen atoms in total. The van der Waals surface area contributed by atoms with Crippen molar-refractivity contribution in [3.8, 4) is 11.5 Å². The first-order valence-electron chi connectivity index (χ1n) is 11.4. The monoisotopic (exact) mass is 431 g/mol. The average molecular weight is 432 g/mol. The molecular formula is C23H37N5O3. The van der Waals surface area contributed by atoms with Gasteiger partial charge in [-0.3, -0.25) is 9.69 Å². The van der Waals surface area contributed by atoms with Crippen LogP contribution in [0.15, 0.2) is 29.3 Å². The maximum absolute atomic E-state index is 12.4. The topological polar surface area (TPSA) is 69.6 Å². The van der Waals surface area contributed by atoms with Crippen molar-refractivity contribution in [3.05, 3.63) is 24.3 Å². The first-order chi connectivity index (χ1) is 15.1. The number of methoxy groups -OCH3 is 1. The van der Waals surface area contributed by atoms with E-state index >= 15 is 0 Å². The Hall–Kier alpha value is -2.48. The number of nitrogens with zero attached hydrogens (tertiary/aromatic N) is 4. The minimum absolute atomic E-state index is 0.0403. The van der Waals surface area contributed by atoms with Crippen LogP contribution in [0.4, 0.5) is 0 Å². The number of piperazine rings is 1. The molecule has 2 aliphatic heterocycles. The Morgan fingerprint density at radius 3 is 2.29 bits per heavy atom. The van der Waals surface area contributed by atoms with Crippen LogP contribution >= 0.6 is 0 Å². The third kappa shape index (κ3) is 7.02. The summed E-state index contributed by atoms with van der Waals surface area (Å²) in [5.74, 6) is 2.81. The zero-order chi connectivity index (χ0) is 22.1. The summed E-state index contributed by atoms with van der Waals surface area (Å²) in [5.41, 5.74) is 0. The molecule has 2 aliphatic rings. The Labute approximate surface area is 186 Å². The van der Waals surface area contributed by atoms with Gasteiger partial charge in [-0.15, -0.1) is 0 Å². The first kappa shape index (κ1) is 23.2. The lowest BCUT2D eigenvalue weighted by Crippen LogP contribution is -2.54. The number of ether oxygens (including phenoxy) is 2. The normalized spacial score (nSPS) is 18.7. The van der Waals surface area contributed by atoms with Crippen LogP contribution in [-0.4, -0.2) is 98.7 Å². The second-order valence-electron chi connectivity index (χ2n) is 8.15. The van der Waals surface area contributed by atoms with Crippen LogP contribution in [-0.2, 0) is 4.79 Å². The van der Waals surface area contributed by atoms with Gasteiger partial charge in [-0.1, -0.05) is 0 Å². The van der Waals surface area contributed by atoms with Crippen molar-refractivity contribution in [1.29, 1.82) is 0 Å². The van der Waals surface area contributed by atoms with Gasteiger partial charge >= 0.3 is 0 Å². The lowest BCUT2D eigenvalue weighted by atomic mass is 10.3. The smallest absolute Gasteiger partial charge is 0.236 e. The molecule has 0 bridgehead atoms. The van der Waals surface area contributed by atoms with Crippen molar-refractivity contribution in [2.45, 2.75) is 32.8 Å². The molecule has 0 aliphatic carbocycles. The Morgan fingerprint density at radius 2 is 1.68 bits per heavy atom. The van der Waals surface area contributed by atoms with Gasteiger partial charge < -0.3 is 24.6 Å². The van der Waals surface area contributed by atoms with Crippen LogP contribution in [0.1, 0.15) is 26.7 Å². The van der Waals surface area contributed by atoms with Crippen LogP contribution in [0.2, 0.25) is 0 Å². The Kier molecular flexibility index (Phi) is 8.82. The summed E-state index contributed by atoms with van der Waals surface area (Å²) in [6.07, 6.45) is 2.24. The molecule has 1 aromatic rings. The highest BCUT2D eigenvalue weighted by molar-refractivity contribution is 5.80. The van der Waals surface area contributed by atoms with Crippen molar-refractivity contribution >= 4 is 11.9 Å². The van der Waals surface area contributed by atoms with Gasteiger partial charge in [-0.2, -0.15) is 0 Å². The average Bonchev–Trinajstić information content (AvgIpc) is 3.33. The highest BCUT2D eigenvalue weighted by Crippen LogP contribution is 2.18. The number of hydrogen-bond donors (Lipinski definition) is 1. The van der Waals surface area contributed by atoms with Crippen molar-refractivity contribution in [2.75, 3.05) is 66.0 Å². The van der Waals surface area contributed by atoms with Gasteiger partial charge in [0, 0.05) is 45.8 Å². The van der Waals surface area contributed by atoms with Gasteiger partial charge in [0.15, 0.2) is 5.96 Å². The molecule has 0 spiro atoms. The first-order valence-corrected chi connectivity index (χ1v) is 11.4. The van der Waals surface area contributed by atoms with E-state index in [2.05, 4.69) is 22.0 Å². The summed E-state index contributed by atoms with van der Waals surface area (Å²) < 4.78 is 11.2. The van der Waals surface area contributed by atoms with E-state index in [0.717, 1.165) is 76.1 Å². The Balaban J connectivity index is 1.46. The van der Waals surface area contributed by atoms with Crippen LogP contribution in [0.3, 0.4) is 0 Å². The zero-order valence-electron chi connectivity index (χ0n) is 19.2. The lowest BCUT2D eigenvalue weighted by Gasteiger charge is -2.36. The van der Waals surface area contributed by atoms with Crippen molar-refractivity contribution in [3.63, 3.8) is 0 Å². The maximum Gasteiger partial charge on any atom is 0.236 e. The van der Waals surface area contributed by atoms with Crippen molar-refractivity contribution in [2.24, 2.45) is 4.99 Å². The molecule has 1 N–H and O–H groups in total. The molecule has 1 amide bonds. The third-order valence-electron chi connectivity index (χ3n) is 5.72. The molecule has 2 heterocycles. The van der Waals surface area contributed by atoms with E-state index in [1.807, 2.05) is 36.1 Å². The molecule has 1 aromatic carbocycles. The van der Waals surface area contributed by atoms with Crippen LogP contribution < -0.4 is 14.8 Å². The zero-order valence-corrected chi connectivity index (χ0v) is 19.2. The predicted octanol–water partition coefficient (Wildman–Crippen LogP) is 1.67. The summed E-state index contributed by atoms with van der Waals surface area (Å²) in [5, 5.41) is 3.40. The Bertz CT molecular complexity index is 710. The fourth-order valence-electron chi connectivity index (χ4n) is 3.94. The molecule has 172 valence electrons. The van der Waals surface area contributed by atoms with E-state index in [0.29, 0.717) is 13.1 Å². The van der Waals surface area contributed by atoms with Gasteiger partial charge in [0.05, 0.1) is 20.2 Å².